The van der Waals surface area contributed by atoms with E-state index in [0.717, 1.165) is 12.1 Å². The Morgan fingerprint density at radius 2 is 1.91 bits per heavy atom. The van der Waals surface area contributed by atoms with E-state index < -0.39 is 17.7 Å². The summed E-state index contributed by atoms with van der Waals surface area (Å²) in [5.74, 6) is -1.05. The summed E-state index contributed by atoms with van der Waals surface area (Å²) in [6, 6.07) is 9.25. The van der Waals surface area contributed by atoms with Crippen LogP contribution in [0.5, 0.6) is 0 Å². The van der Waals surface area contributed by atoms with Crippen LogP contribution in [0.3, 0.4) is 0 Å². The molecule has 0 spiro atoms. The molecule has 3 nitrogen and oxygen atoms in total. The molecular weight excluding hydrogens is 319 g/mol. The molecule has 0 aliphatic rings. The molecule has 0 radical (unpaired) electrons. The second kappa shape index (κ2) is 6.27. The van der Waals surface area contributed by atoms with Gasteiger partial charge in [0.25, 0.3) is 0 Å². The molecule has 0 aromatic heterocycles. The van der Waals surface area contributed by atoms with Crippen LogP contribution in [0.25, 0.3) is 0 Å². The fraction of sp³-hybridized carbons (Fsp3) is 0.133. The molecule has 0 heterocycles. The molecule has 0 aliphatic carbocycles. The second-order valence-corrected chi connectivity index (χ2v) is 4.96. The van der Waals surface area contributed by atoms with Crippen LogP contribution in [0.4, 0.5) is 18.9 Å². The van der Waals surface area contributed by atoms with Gasteiger partial charge in [0.1, 0.15) is 0 Å². The molecule has 0 unspecified atom stereocenters. The Kier molecular flexibility index (Phi) is 4.61. The summed E-state index contributed by atoms with van der Waals surface area (Å²) in [6.07, 6.45) is -4.45. The van der Waals surface area contributed by atoms with Crippen LogP contribution in [0.2, 0.25) is 5.02 Å². The van der Waals surface area contributed by atoms with Crippen molar-refractivity contribution in [2.24, 2.45) is 0 Å². The summed E-state index contributed by atoms with van der Waals surface area (Å²) < 4.78 is 37.6. The average Bonchev–Trinajstić information content (AvgIpc) is 2.45. The summed E-state index contributed by atoms with van der Waals surface area (Å²) in [5, 5.41) is 11.7. The SMILES string of the molecule is O=C(O)c1cccc(CNc2ccc(C(F)(F)F)cc2Cl)c1. The molecule has 116 valence electrons. The number of halogens is 4. The smallest absolute Gasteiger partial charge is 0.416 e. The lowest BCUT2D eigenvalue weighted by Crippen LogP contribution is -2.06. The first-order valence-electron chi connectivity index (χ1n) is 6.20. The van der Waals surface area contributed by atoms with Crippen molar-refractivity contribution >= 4 is 23.3 Å². The Labute approximate surface area is 129 Å². The number of alkyl halides is 3. The number of hydrogen-bond donors (Lipinski definition) is 2. The minimum Gasteiger partial charge on any atom is -0.478 e. The highest BCUT2D eigenvalue weighted by Gasteiger charge is 2.30. The summed E-state index contributed by atoms with van der Waals surface area (Å²) in [6.45, 7) is 0.242. The van der Waals surface area contributed by atoms with Gasteiger partial charge in [-0.15, -0.1) is 0 Å². The van der Waals surface area contributed by atoms with Crippen LogP contribution in [0.15, 0.2) is 42.5 Å². The zero-order chi connectivity index (χ0) is 16.3. The van der Waals surface area contributed by atoms with Crippen molar-refractivity contribution in [1.29, 1.82) is 0 Å². The molecule has 0 saturated heterocycles. The van der Waals surface area contributed by atoms with Gasteiger partial charge in [-0.3, -0.25) is 0 Å². The van der Waals surface area contributed by atoms with Crippen LogP contribution in [0.1, 0.15) is 21.5 Å². The molecule has 0 amide bonds. The van der Waals surface area contributed by atoms with Crippen LogP contribution >= 0.6 is 11.6 Å². The number of carboxylic acids is 1. The van der Waals surface area contributed by atoms with Gasteiger partial charge in [-0.2, -0.15) is 13.2 Å². The van der Waals surface area contributed by atoms with Gasteiger partial charge in [-0.25, -0.2) is 4.79 Å². The van der Waals surface area contributed by atoms with E-state index in [0.29, 0.717) is 11.3 Å². The van der Waals surface area contributed by atoms with Crippen molar-refractivity contribution in [1.82, 2.24) is 0 Å². The van der Waals surface area contributed by atoms with E-state index in [2.05, 4.69) is 5.32 Å². The summed E-state index contributed by atoms with van der Waals surface area (Å²) in [7, 11) is 0. The maximum atomic E-state index is 12.5. The van der Waals surface area contributed by atoms with Gasteiger partial charge in [-0.1, -0.05) is 23.7 Å². The van der Waals surface area contributed by atoms with E-state index in [4.69, 9.17) is 16.7 Å². The summed E-state index contributed by atoms with van der Waals surface area (Å²) >= 11 is 5.83. The normalized spacial score (nSPS) is 11.3. The van der Waals surface area contributed by atoms with E-state index in [-0.39, 0.29) is 17.1 Å². The van der Waals surface area contributed by atoms with Gasteiger partial charge < -0.3 is 10.4 Å². The molecule has 2 rings (SSSR count). The number of nitrogens with one attached hydrogen (secondary N) is 1. The topological polar surface area (TPSA) is 49.3 Å². The molecule has 0 saturated carbocycles. The highest BCUT2D eigenvalue weighted by molar-refractivity contribution is 6.33. The highest BCUT2D eigenvalue weighted by atomic mass is 35.5. The zero-order valence-corrected chi connectivity index (χ0v) is 11.9. The predicted octanol–water partition coefficient (Wildman–Crippen LogP) is 4.67. The first-order chi connectivity index (χ1) is 10.3. The Hall–Kier alpha value is -2.21. The lowest BCUT2D eigenvalue weighted by Gasteiger charge is -2.12. The Morgan fingerprint density at radius 3 is 2.50 bits per heavy atom. The van der Waals surface area contributed by atoms with Gasteiger partial charge >= 0.3 is 12.1 Å². The molecular formula is C15H11ClF3NO2. The second-order valence-electron chi connectivity index (χ2n) is 4.55. The Morgan fingerprint density at radius 1 is 1.18 bits per heavy atom. The third-order valence-corrected chi connectivity index (χ3v) is 3.27. The van der Waals surface area contributed by atoms with Crippen molar-refractivity contribution in [3.8, 4) is 0 Å². The number of aromatic carboxylic acids is 1. The van der Waals surface area contributed by atoms with E-state index in [9.17, 15) is 18.0 Å². The van der Waals surface area contributed by atoms with Crippen LogP contribution < -0.4 is 5.32 Å². The molecule has 0 bridgehead atoms. The Bertz CT molecular complexity index is 701. The van der Waals surface area contributed by atoms with Gasteiger partial charge in [0, 0.05) is 6.54 Å². The van der Waals surface area contributed by atoms with Gasteiger partial charge in [-0.05, 0) is 35.9 Å². The van der Waals surface area contributed by atoms with Crippen molar-refractivity contribution < 1.29 is 23.1 Å². The third-order valence-electron chi connectivity index (χ3n) is 2.95. The van der Waals surface area contributed by atoms with E-state index in [1.54, 1.807) is 12.1 Å². The fourth-order valence-corrected chi connectivity index (χ4v) is 2.09. The quantitative estimate of drug-likeness (QED) is 0.857. The van der Waals surface area contributed by atoms with Crippen molar-refractivity contribution in [3.63, 3.8) is 0 Å². The van der Waals surface area contributed by atoms with Crippen molar-refractivity contribution in [2.45, 2.75) is 12.7 Å². The van der Waals surface area contributed by atoms with Gasteiger partial charge in [0.2, 0.25) is 0 Å². The minimum atomic E-state index is -4.45. The van der Waals surface area contributed by atoms with Crippen LogP contribution in [0, 0.1) is 0 Å². The molecule has 0 fully saturated rings. The fourth-order valence-electron chi connectivity index (χ4n) is 1.85. The van der Waals surface area contributed by atoms with Gasteiger partial charge in [0.05, 0.1) is 21.8 Å². The minimum absolute atomic E-state index is 0.0517. The monoisotopic (exact) mass is 329 g/mol. The molecule has 2 N–H and O–H groups in total. The standard InChI is InChI=1S/C15H11ClF3NO2/c16-12-7-11(15(17,18)19)4-5-13(12)20-8-9-2-1-3-10(6-9)14(21)22/h1-7,20H,8H2,(H,21,22). The Balaban J connectivity index is 2.12. The van der Waals surface area contributed by atoms with E-state index in [1.165, 1.54) is 18.2 Å². The molecule has 2 aromatic carbocycles. The highest BCUT2D eigenvalue weighted by Crippen LogP contribution is 2.33. The molecule has 2 aromatic rings. The largest absolute Gasteiger partial charge is 0.478 e. The number of carboxylic acid groups (broad SMARTS) is 1. The van der Waals surface area contributed by atoms with Crippen molar-refractivity contribution in [2.75, 3.05) is 5.32 Å². The molecule has 0 aliphatic heterocycles. The first kappa shape index (κ1) is 16.2. The summed E-state index contributed by atoms with van der Waals surface area (Å²) in [4.78, 5) is 10.9. The van der Waals surface area contributed by atoms with Gasteiger partial charge in [0.15, 0.2) is 0 Å². The van der Waals surface area contributed by atoms with Crippen LogP contribution in [-0.2, 0) is 12.7 Å². The van der Waals surface area contributed by atoms with E-state index in [1.807, 2.05) is 0 Å². The number of rotatable bonds is 4. The van der Waals surface area contributed by atoms with Crippen molar-refractivity contribution in [3.05, 3.63) is 64.2 Å². The summed E-state index contributed by atoms with van der Waals surface area (Å²) in [5.41, 5.74) is 0.333. The third kappa shape index (κ3) is 3.92. The molecule has 7 heteroatoms. The number of carbonyl (C=O) groups is 1. The number of anilines is 1. The first-order valence-corrected chi connectivity index (χ1v) is 6.58. The maximum Gasteiger partial charge on any atom is 0.416 e. The van der Waals surface area contributed by atoms with Crippen LogP contribution in [-0.4, -0.2) is 11.1 Å². The predicted molar refractivity (Wildman–Crippen MR) is 77.2 cm³/mol. The average molecular weight is 330 g/mol. The van der Waals surface area contributed by atoms with E-state index >= 15 is 0 Å². The molecule has 22 heavy (non-hydrogen) atoms. The number of benzene rings is 2. The lowest BCUT2D eigenvalue weighted by atomic mass is 10.1. The molecule has 0 atom stereocenters. The maximum absolute atomic E-state index is 12.5. The zero-order valence-electron chi connectivity index (χ0n) is 11.1. The lowest BCUT2D eigenvalue weighted by molar-refractivity contribution is -0.137. The number of hydrogen-bond acceptors (Lipinski definition) is 2.